The second-order valence-electron chi connectivity index (χ2n) is 5.19. The highest BCUT2D eigenvalue weighted by atomic mass is 19.1. The van der Waals surface area contributed by atoms with Gasteiger partial charge in [-0.3, -0.25) is 9.59 Å². The maximum atomic E-state index is 12.8. The van der Waals surface area contributed by atoms with Gasteiger partial charge in [-0.15, -0.1) is 0 Å². The largest absolute Gasteiger partial charge is 0.294 e. The number of hydrogen-bond acceptors (Lipinski definition) is 2. The zero-order chi connectivity index (χ0) is 15.0. The first-order chi connectivity index (χ1) is 10.1. The number of halogens is 2. The van der Waals surface area contributed by atoms with E-state index in [-0.39, 0.29) is 23.4 Å². The topological polar surface area (TPSA) is 34.1 Å². The highest BCUT2D eigenvalue weighted by molar-refractivity contribution is 6.08. The van der Waals surface area contributed by atoms with Crippen LogP contribution in [0.1, 0.15) is 27.1 Å². The van der Waals surface area contributed by atoms with Crippen molar-refractivity contribution < 1.29 is 18.4 Å². The third-order valence-corrected chi connectivity index (χ3v) is 3.72. The van der Waals surface area contributed by atoms with Gasteiger partial charge in [0.25, 0.3) is 0 Å². The zero-order valence-electron chi connectivity index (χ0n) is 11.1. The molecule has 1 saturated carbocycles. The maximum absolute atomic E-state index is 12.8. The van der Waals surface area contributed by atoms with E-state index < -0.39 is 11.6 Å². The maximum Gasteiger partial charge on any atom is 0.166 e. The third kappa shape index (κ3) is 2.75. The fourth-order valence-electron chi connectivity index (χ4n) is 2.43. The molecule has 0 bridgehead atoms. The van der Waals surface area contributed by atoms with Crippen LogP contribution in [0.4, 0.5) is 8.78 Å². The standard InChI is InChI=1S/C17H12F2O2/c18-12-5-1-10(2-6-12)16(20)14-9-15(14)17(21)11-3-7-13(19)8-4-11/h1-8,14-15H,9H2. The van der Waals surface area contributed by atoms with Gasteiger partial charge < -0.3 is 0 Å². The first-order valence-corrected chi connectivity index (χ1v) is 6.66. The van der Waals surface area contributed by atoms with Gasteiger partial charge in [0.05, 0.1) is 0 Å². The quantitative estimate of drug-likeness (QED) is 0.804. The van der Waals surface area contributed by atoms with Crippen molar-refractivity contribution in [2.45, 2.75) is 6.42 Å². The van der Waals surface area contributed by atoms with E-state index in [2.05, 4.69) is 0 Å². The normalized spacial score (nSPS) is 20.1. The van der Waals surface area contributed by atoms with Crippen LogP contribution in [0, 0.1) is 23.5 Å². The smallest absolute Gasteiger partial charge is 0.166 e. The molecule has 0 spiro atoms. The Morgan fingerprint density at radius 3 is 1.38 bits per heavy atom. The SMILES string of the molecule is O=C(c1ccc(F)cc1)C1CC1C(=O)c1ccc(F)cc1. The van der Waals surface area contributed by atoms with E-state index in [1.807, 2.05) is 0 Å². The lowest BCUT2D eigenvalue weighted by atomic mass is 10.0. The lowest BCUT2D eigenvalue weighted by Gasteiger charge is -2.01. The van der Waals surface area contributed by atoms with E-state index in [9.17, 15) is 18.4 Å². The summed E-state index contributed by atoms with van der Waals surface area (Å²) in [7, 11) is 0. The Morgan fingerprint density at radius 2 is 1.05 bits per heavy atom. The molecular formula is C17H12F2O2. The van der Waals surface area contributed by atoms with Crippen molar-refractivity contribution in [3.05, 3.63) is 71.3 Å². The lowest BCUT2D eigenvalue weighted by Crippen LogP contribution is -2.09. The molecule has 0 aromatic heterocycles. The Hall–Kier alpha value is -2.36. The van der Waals surface area contributed by atoms with Crippen LogP contribution in [-0.4, -0.2) is 11.6 Å². The van der Waals surface area contributed by atoms with E-state index in [1.54, 1.807) is 0 Å². The van der Waals surface area contributed by atoms with Gasteiger partial charge in [0.1, 0.15) is 11.6 Å². The molecule has 0 amide bonds. The molecule has 0 aliphatic heterocycles. The van der Waals surface area contributed by atoms with Crippen LogP contribution in [0.25, 0.3) is 0 Å². The molecular weight excluding hydrogens is 274 g/mol. The van der Waals surface area contributed by atoms with E-state index in [4.69, 9.17) is 0 Å². The van der Waals surface area contributed by atoms with Gasteiger partial charge >= 0.3 is 0 Å². The first-order valence-electron chi connectivity index (χ1n) is 6.66. The summed E-state index contributed by atoms with van der Waals surface area (Å²) < 4.78 is 25.7. The minimum atomic E-state index is -0.402. The van der Waals surface area contributed by atoms with Crippen molar-refractivity contribution in [3.8, 4) is 0 Å². The summed E-state index contributed by atoms with van der Waals surface area (Å²) >= 11 is 0. The summed E-state index contributed by atoms with van der Waals surface area (Å²) in [5, 5.41) is 0. The van der Waals surface area contributed by atoms with Crippen LogP contribution < -0.4 is 0 Å². The molecule has 2 nitrogen and oxygen atoms in total. The van der Waals surface area contributed by atoms with Crippen LogP contribution in [0.5, 0.6) is 0 Å². The molecule has 21 heavy (non-hydrogen) atoms. The minimum Gasteiger partial charge on any atom is -0.294 e. The van der Waals surface area contributed by atoms with Gasteiger partial charge in [-0.25, -0.2) is 8.78 Å². The molecule has 1 fully saturated rings. The van der Waals surface area contributed by atoms with Crippen LogP contribution in [0.2, 0.25) is 0 Å². The fraction of sp³-hybridized carbons (Fsp3) is 0.176. The molecule has 2 aromatic rings. The third-order valence-electron chi connectivity index (χ3n) is 3.72. The fourth-order valence-corrected chi connectivity index (χ4v) is 2.43. The highest BCUT2D eigenvalue weighted by Crippen LogP contribution is 2.43. The van der Waals surface area contributed by atoms with E-state index in [1.165, 1.54) is 48.5 Å². The number of benzene rings is 2. The molecule has 2 aromatic carbocycles. The van der Waals surface area contributed by atoms with Crippen molar-refractivity contribution >= 4 is 11.6 Å². The number of rotatable bonds is 4. The molecule has 2 atom stereocenters. The van der Waals surface area contributed by atoms with Crippen LogP contribution >= 0.6 is 0 Å². The molecule has 4 heteroatoms. The predicted molar refractivity (Wildman–Crippen MR) is 73.1 cm³/mol. The Bertz CT molecular complexity index is 628. The summed E-state index contributed by atoms with van der Waals surface area (Å²) in [5.41, 5.74) is 0.826. The monoisotopic (exact) mass is 286 g/mol. The van der Waals surface area contributed by atoms with Crippen LogP contribution in [0.3, 0.4) is 0 Å². The summed E-state index contributed by atoms with van der Waals surface area (Å²) in [6, 6.07) is 10.6. The van der Waals surface area contributed by atoms with Crippen molar-refractivity contribution in [1.82, 2.24) is 0 Å². The van der Waals surface area contributed by atoms with Crippen molar-refractivity contribution in [2.24, 2.45) is 11.8 Å². The van der Waals surface area contributed by atoms with E-state index >= 15 is 0 Å². The summed E-state index contributed by atoms with van der Waals surface area (Å²) in [6.07, 6.45) is 0.492. The van der Waals surface area contributed by atoms with Gasteiger partial charge in [-0.1, -0.05) is 0 Å². The molecule has 0 saturated heterocycles. The molecule has 1 aliphatic carbocycles. The van der Waals surface area contributed by atoms with Crippen molar-refractivity contribution in [3.63, 3.8) is 0 Å². The molecule has 0 radical (unpaired) electrons. The number of ketones is 2. The Labute approximate surface area is 120 Å². The van der Waals surface area contributed by atoms with Crippen LogP contribution in [-0.2, 0) is 0 Å². The molecule has 3 rings (SSSR count). The second kappa shape index (κ2) is 5.20. The molecule has 2 unspecified atom stereocenters. The summed E-state index contributed by atoms with van der Waals surface area (Å²) in [5.74, 6) is -1.80. The average molecular weight is 286 g/mol. The average Bonchev–Trinajstić information content (AvgIpc) is 3.28. The zero-order valence-corrected chi connectivity index (χ0v) is 11.1. The number of carbonyl (C=O) groups is 2. The second-order valence-corrected chi connectivity index (χ2v) is 5.19. The number of hydrogen-bond donors (Lipinski definition) is 0. The Kier molecular flexibility index (Phi) is 3.37. The van der Waals surface area contributed by atoms with Gasteiger partial charge in [0.2, 0.25) is 0 Å². The molecule has 0 heterocycles. The van der Waals surface area contributed by atoms with Crippen molar-refractivity contribution in [2.75, 3.05) is 0 Å². The number of Topliss-reactive ketones (excluding diaryl/α,β-unsaturated/α-hetero) is 2. The van der Waals surface area contributed by atoms with Gasteiger partial charge in [0, 0.05) is 23.0 Å². The van der Waals surface area contributed by atoms with Gasteiger partial charge in [-0.05, 0) is 55.0 Å². The van der Waals surface area contributed by atoms with Gasteiger partial charge in [0.15, 0.2) is 11.6 Å². The minimum absolute atomic E-state index is 0.143. The first kappa shape index (κ1) is 13.6. The number of carbonyl (C=O) groups excluding carboxylic acids is 2. The highest BCUT2D eigenvalue weighted by Gasteiger charge is 2.47. The Balaban J connectivity index is 1.71. The molecule has 1 aliphatic rings. The molecule has 106 valence electrons. The summed E-state index contributed by atoms with van der Waals surface area (Å²) in [6.45, 7) is 0. The van der Waals surface area contributed by atoms with E-state index in [0.29, 0.717) is 17.5 Å². The molecule has 0 N–H and O–H groups in total. The predicted octanol–water partition coefficient (Wildman–Crippen LogP) is 3.67. The summed E-state index contributed by atoms with van der Waals surface area (Å²) in [4.78, 5) is 24.4. The van der Waals surface area contributed by atoms with Crippen LogP contribution in [0.15, 0.2) is 48.5 Å². The van der Waals surface area contributed by atoms with E-state index in [0.717, 1.165) is 0 Å². The van der Waals surface area contributed by atoms with Crippen molar-refractivity contribution in [1.29, 1.82) is 0 Å². The lowest BCUT2D eigenvalue weighted by molar-refractivity contribution is 0.0905. The Morgan fingerprint density at radius 1 is 0.714 bits per heavy atom. The van der Waals surface area contributed by atoms with Gasteiger partial charge in [-0.2, -0.15) is 0 Å².